The Hall–Kier alpha value is -1.39. The molecule has 1 heterocycles. The Labute approximate surface area is 114 Å². The third kappa shape index (κ3) is 2.71. The second kappa shape index (κ2) is 5.08. The van der Waals surface area contributed by atoms with Crippen molar-refractivity contribution in [3.8, 4) is 0 Å². The number of anilines is 1. The second-order valence-electron chi connectivity index (χ2n) is 3.85. The summed E-state index contributed by atoms with van der Waals surface area (Å²) in [6.45, 7) is 1.55. The monoisotopic (exact) mass is 285 g/mol. The van der Waals surface area contributed by atoms with Gasteiger partial charge in [0.1, 0.15) is 5.82 Å². The van der Waals surface area contributed by atoms with Crippen molar-refractivity contribution in [3.63, 3.8) is 0 Å². The van der Waals surface area contributed by atoms with E-state index in [2.05, 4.69) is 9.97 Å². The summed E-state index contributed by atoms with van der Waals surface area (Å²) in [6, 6.07) is 5.23. The molecule has 2 aromatic rings. The van der Waals surface area contributed by atoms with E-state index in [9.17, 15) is 4.39 Å². The second-order valence-corrected chi connectivity index (χ2v) is 4.66. The van der Waals surface area contributed by atoms with E-state index in [0.29, 0.717) is 22.3 Å². The molecule has 0 saturated heterocycles. The molecule has 6 heteroatoms. The van der Waals surface area contributed by atoms with E-state index in [1.807, 2.05) is 6.07 Å². The average Bonchev–Trinajstić information content (AvgIpc) is 2.31. The standard InChI is InChI=1S/C12H10Cl2FN3/c1-6-11(15)12(16)18-10(17-6)5-7-2-3-8(13)9(14)4-7/h2-4H,5H2,1H3,(H2,16,17,18). The molecule has 1 aromatic carbocycles. The van der Waals surface area contributed by atoms with Crippen molar-refractivity contribution in [3.05, 3.63) is 51.1 Å². The molecular weight excluding hydrogens is 276 g/mol. The van der Waals surface area contributed by atoms with Crippen LogP contribution in [0.4, 0.5) is 10.2 Å². The van der Waals surface area contributed by atoms with Crippen LogP contribution in [-0.2, 0) is 6.42 Å². The van der Waals surface area contributed by atoms with Crippen LogP contribution in [0.1, 0.15) is 17.1 Å². The molecule has 18 heavy (non-hydrogen) atoms. The summed E-state index contributed by atoms with van der Waals surface area (Å²) in [5.74, 6) is -0.268. The van der Waals surface area contributed by atoms with Crippen molar-refractivity contribution >= 4 is 29.0 Å². The Bertz CT molecular complexity index is 579. The maximum absolute atomic E-state index is 13.3. The van der Waals surface area contributed by atoms with Crippen molar-refractivity contribution in [1.82, 2.24) is 9.97 Å². The SMILES string of the molecule is Cc1nc(Cc2ccc(Cl)c(Cl)c2)nc(N)c1F. The minimum absolute atomic E-state index is 0.141. The smallest absolute Gasteiger partial charge is 0.186 e. The van der Waals surface area contributed by atoms with Crippen molar-refractivity contribution in [2.45, 2.75) is 13.3 Å². The number of benzene rings is 1. The quantitative estimate of drug-likeness (QED) is 0.920. The lowest BCUT2D eigenvalue weighted by atomic mass is 10.1. The van der Waals surface area contributed by atoms with Gasteiger partial charge >= 0.3 is 0 Å². The maximum atomic E-state index is 13.3. The van der Waals surface area contributed by atoms with Crippen molar-refractivity contribution < 1.29 is 4.39 Å². The Kier molecular flexibility index (Phi) is 3.68. The molecule has 2 N–H and O–H groups in total. The number of halogens is 3. The molecule has 3 nitrogen and oxygen atoms in total. The van der Waals surface area contributed by atoms with Gasteiger partial charge < -0.3 is 5.73 Å². The van der Waals surface area contributed by atoms with Gasteiger partial charge in [0.15, 0.2) is 11.6 Å². The summed E-state index contributed by atoms with van der Waals surface area (Å²) in [4.78, 5) is 7.94. The van der Waals surface area contributed by atoms with Crippen molar-refractivity contribution in [2.75, 3.05) is 5.73 Å². The van der Waals surface area contributed by atoms with Gasteiger partial charge in [-0.2, -0.15) is 0 Å². The lowest BCUT2D eigenvalue weighted by Gasteiger charge is -2.05. The summed E-state index contributed by atoms with van der Waals surface area (Å²) in [5, 5.41) is 0.942. The predicted octanol–water partition coefficient (Wildman–Crippen LogP) is 3.40. The van der Waals surface area contributed by atoms with Crippen LogP contribution in [0.2, 0.25) is 10.0 Å². The zero-order valence-electron chi connectivity index (χ0n) is 9.54. The highest BCUT2D eigenvalue weighted by molar-refractivity contribution is 6.42. The number of nitrogens with two attached hydrogens (primary N) is 1. The number of nitrogen functional groups attached to an aromatic ring is 1. The van der Waals surface area contributed by atoms with Crippen molar-refractivity contribution in [2.24, 2.45) is 0 Å². The zero-order chi connectivity index (χ0) is 13.3. The first kappa shape index (κ1) is 13.1. The van der Waals surface area contributed by atoms with Gasteiger partial charge in [-0.05, 0) is 24.6 Å². The molecule has 0 atom stereocenters. The van der Waals surface area contributed by atoms with Crippen LogP contribution in [0.15, 0.2) is 18.2 Å². The summed E-state index contributed by atoms with van der Waals surface area (Å²) < 4.78 is 13.3. The Morgan fingerprint density at radius 2 is 1.94 bits per heavy atom. The average molecular weight is 286 g/mol. The van der Waals surface area contributed by atoms with E-state index in [1.165, 1.54) is 0 Å². The lowest BCUT2D eigenvalue weighted by Crippen LogP contribution is -2.06. The minimum atomic E-state index is -0.576. The van der Waals surface area contributed by atoms with Crippen LogP contribution < -0.4 is 5.73 Å². The Balaban J connectivity index is 2.31. The van der Waals surface area contributed by atoms with Crippen LogP contribution in [0, 0.1) is 12.7 Å². The van der Waals surface area contributed by atoms with Gasteiger partial charge in [0.05, 0.1) is 15.7 Å². The topological polar surface area (TPSA) is 51.8 Å². The number of aromatic nitrogens is 2. The fourth-order valence-corrected chi connectivity index (χ4v) is 1.87. The van der Waals surface area contributed by atoms with Gasteiger partial charge in [-0.25, -0.2) is 14.4 Å². The van der Waals surface area contributed by atoms with Crippen LogP contribution in [-0.4, -0.2) is 9.97 Å². The fraction of sp³-hybridized carbons (Fsp3) is 0.167. The van der Waals surface area contributed by atoms with Gasteiger partial charge in [0.25, 0.3) is 0 Å². The molecular formula is C12H10Cl2FN3. The number of nitrogens with zero attached hydrogens (tertiary/aromatic N) is 2. The van der Waals surface area contributed by atoms with Gasteiger partial charge in [-0.1, -0.05) is 29.3 Å². The van der Waals surface area contributed by atoms with Gasteiger partial charge in [0, 0.05) is 6.42 Å². The molecule has 0 aliphatic heterocycles. The van der Waals surface area contributed by atoms with E-state index in [0.717, 1.165) is 5.56 Å². The molecule has 2 rings (SSSR count). The molecule has 0 spiro atoms. The molecule has 0 unspecified atom stereocenters. The first-order valence-electron chi connectivity index (χ1n) is 5.20. The molecule has 0 radical (unpaired) electrons. The maximum Gasteiger partial charge on any atom is 0.186 e. The van der Waals surface area contributed by atoms with Gasteiger partial charge in [-0.3, -0.25) is 0 Å². The zero-order valence-corrected chi connectivity index (χ0v) is 11.1. The van der Waals surface area contributed by atoms with E-state index >= 15 is 0 Å². The van der Waals surface area contributed by atoms with Crippen LogP contribution >= 0.6 is 23.2 Å². The Morgan fingerprint density at radius 1 is 1.22 bits per heavy atom. The minimum Gasteiger partial charge on any atom is -0.381 e. The third-order valence-electron chi connectivity index (χ3n) is 2.44. The largest absolute Gasteiger partial charge is 0.381 e. The summed E-state index contributed by atoms with van der Waals surface area (Å²) in [7, 11) is 0. The first-order valence-corrected chi connectivity index (χ1v) is 5.95. The molecule has 1 aromatic heterocycles. The molecule has 94 valence electrons. The van der Waals surface area contributed by atoms with Gasteiger partial charge in [-0.15, -0.1) is 0 Å². The molecule has 0 bridgehead atoms. The predicted molar refractivity (Wildman–Crippen MR) is 70.4 cm³/mol. The highest BCUT2D eigenvalue weighted by atomic mass is 35.5. The first-order chi connectivity index (χ1) is 8.47. The third-order valence-corrected chi connectivity index (χ3v) is 3.17. The number of hydrogen-bond acceptors (Lipinski definition) is 3. The van der Waals surface area contributed by atoms with Crippen molar-refractivity contribution in [1.29, 1.82) is 0 Å². The summed E-state index contributed by atoms with van der Waals surface area (Å²) in [6.07, 6.45) is 0.419. The van der Waals surface area contributed by atoms with E-state index in [4.69, 9.17) is 28.9 Å². The van der Waals surface area contributed by atoms with E-state index in [1.54, 1.807) is 19.1 Å². The molecule has 0 amide bonds. The molecule has 0 aliphatic rings. The van der Waals surface area contributed by atoms with E-state index < -0.39 is 5.82 Å². The van der Waals surface area contributed by atoms with Crippen LogP contribution in [0.3, 0.4) is 0 Å². The number of hydrogen-bond donors (Lipinski definition) is 1. The van der Waals surface area contributed by atoms with Crippen LogP contribution in [0.25, 0.3) is 0 Å². The molecule has 0 fully saturated rings. The number of rotatable bonds is 2. The molecule has 0 saturated carbocycles. The van der Waals surface area contributed by atoms with Crippen LogP contribution in [0.5, 0.6) is 0 Å². The normalized spacial score (nSPS) is 10.7. The summed E-state index contributed by atoms with van der Waals surface area (Å²) >= 11 is 11.7. The highest BCUT2D eigenvalue weighted by Gasteiger charge is 2.09. The molecule has 0 aliphatic carbocycles. The summed E-state index contributed by atoms with van der Waals surface area (Å²) in [5.41, 5.74) is 6.57. The van der Waals surface area contributed by atoms with E-state index in [-0.39, 0.29) is 11.5 Å². The highest BCUT2D eigenvalue weighted by Crippen LogP contribution is 2.23. The van der Waals surface area contributed by atoms with Gasteiger partial charge in [0.2, 0.25) is 0 Å². The Morgan fingerprint density at radius 3 is 2.56 bits per heavy atom. The number of aryl methyl sites for hydroxylation is 1. The fourth-order valence-electron chi connectivity index (χ4n) is 1.55. The lowest BCUT2D eigenvalue weighted by molar-refractivity contribution is 0.603.